The summed E-state index contributed by atoms with van der Waals surface area (Å²) in [5, 5.41) is 3.15. The topological polar surface area (TPSA) is 77.1 Å². The van der Waals surface area contributed by atoms with Gasteiger partial charge >= 0.3 is 0 Å². The Morgan fingerprint density at radius 2 is 1.97 bits per heavy atom. The van der Waals surface area contributed by atoms with Gasteiger partial charge in [-0.3, -0.25) is 9.59 Å². The van der Waals surface area contributed by atoms with Gasteiger partial charge in [0.2, 0.25) is 18.6 Å². The number of hydrogen-bond acceptors (Lipinski definition) is 5. The van der Waals surface area contributed by atoms with Crippen LogP contribution in [0.2, 0.25) is 0 Å². The van der Waals surface area contributed by atoms with Gasteiger partial charge in [0, 0.05) is 13.1 Å². The summed E-state index contributed by atoms with van der Waals surface area (Å²) >= 11 is 0. The number of likely N-dealkylation sites (tertiary alicyclic amines) is 1. The Morgan fingerprint density at radius 3 is 2.83 bits per heavy atom. The highest BCUT2D eigenvalue weighted by Crippen LogP contribution is 2.37. The van der Waals surface area contributed by atoms with Gasteiger partial charge in [-0.05, 0) is 29.7 Å². The second-order valence-electron chi connectivity index (χ2n) is 7.64. The molecule has 7 nitrogen and oxygen atoms in total. The highest BCUT2D eigenvalue weighted by atomic mass is 16.7. The number of nitrogens with one attached hydrogen (secondary N) is 1. The maximum absolute atomic E-state index is 13.0. The van der Waals surface area contributed by atoms with Crippen molar-refractivity contribution in [1.82, 2.24) is 10.2 Å². The molecule has 0 saturated carbocycles. The molecule has 0 aliphatic carbocycles. The highest BCUT2D eigenvalue weighted by molar-refractivity contribution is 5.81. The molecule has 29 heavy (non-hydrogen) atoms. The Balaban J connectivity index is 1.33. The summed E-state index contributed by atoms with van der Waals surface area (Å²) in [5.74, 6) is 1.30. The van der Waals surface area contributed by atoms with Crippen molar-refractivity contribution >= 4 is 11.8 Å². The first-order valence-corrected chi connectivity index (χ1v) is 9.78. The molecule has 0 bridgehead atoms. The molecule has 2 atom stereocenters. The minimum absolute atomic E-state index is 0.0173. The van der Waals surface area contributed by atoms with Crippen LogP contribution in [0, 0.1) is 0 Å². The van der Waals surface area contributed by atoms with Crippen molar-refractivity contribution in [3.8, 4) is 11.5 Å². The van der Waals surface area contributed by atoms with E-state index in [1.165, 1.54) is 0 Å². The lowest BCUT2D eigenvalue weighted by Crippen LogP contribution is -2.67. The average molecular weight is 394 g/mol. The van der Waals surface area contributed by atoms with Gasteiger partial charge in [-0.2, -0.15) is 0 Å². The number of piperidine rings is 1. The van der Waals surface area contributed by atoms with Gasteiger partial charge in [-0.1, -0.05) is 36.4 Å². The largest absolute Gasteiger partial charge is 0.454 e. The van der Waals surface area contributed by atoms with Crippen molar-refractivity contribution in [2.75, 3.05) is 26.5 Å². The molecule has 5 rings (SSSR count). The van der Waals surface area contributed by atoms with E-state index in [2.05, 4.69) is 5.32 Å². The SMILES string of the molecule is O=C1CO[C@@H]2CN(C(=O)Cc3ccc4c(c3)OCO4)CC[C@@]2(c2ccccc2)N1. The molecule has 150 valence electrons. The van der Waals surface area contributed by atoms with Gasteiger partial charge in [0.15, 0.2) is 11.5 Å². The number of rotatable bonds is 3. The summed E-state index contributed by atoms with van der Waals surface area (Å²) in [5.41, 5.74) is 1.31. The number of benzene rings is 2. The molecular formula is C22H22N2O5. The zero-order chi connectivity index (χ0) is 19.8. The van der Waals surface area contributed by atoms with Gasteiger partial charge in [0.05, 0.1) is 12.0 Å². The molecule has 0 radical (unpaired) electrons. The summed E-state index contributed by atoms with van der Waals surface area (Å²) < 4.78 is 16.6. The van der Waals surface area contributed by atoms with Gasteiger partial charge in [0.25, 0.3) is 0 Å². The third kappa shape index (κ3) is 3.21. The molecule has 2 aromatic rings. The zero-order valence-corrected chi connectivity index (χ0v) is 15.9. The lowest BCUT2D eigenvalue weighted by atomic mass is 9.77. The first-order valence-electron chi connectivity index (χ1n) is 9.78. The van der Waals surface area contributed by atoms with Crippen LogP contribution < -0.4 is 14.8 Å². The number of ether oxygens (including phenoxy) is 3. The van der Waals surface area contributed by atoms with Crippen LogP contribution in [0.4, 0.5) is 0 Å². The monoisotopic (exact) mass is 394 g/mol. The smallest absolute Gasteiger partial charge is 0.246 e. The van der Waals surface area contributed by atoms with Crippen LogP contribution in [-0.4, -0.2) is 49.3 Å². The van der Waals surface area contributed by atoms with Crippen molar-refractivity contribution in [1.29, 1.82) is 0 Å². The summed E-state index contributed by atoms with van der Waals surface area (Å²) in [6.07, 6.45) is 0.617. The Labute approximate surface area is 168 Å². The minimum Gasteiger partial charge on any atom is -0.454 e. The van der Waals surface area contributed by atoms with E-state index in [9.17, 15) is 9.59 Å². The van der Waals surface area contributed by atoms with Crippen LogP contribution in [0.3, 0.4) is 0 Å². The number of fused-ring (bicyclic) bond motifs is 2. The average Bonchev–Trinajstić information content (AvgIpc) is 3.21. The van der Waals surface area contributed by atoms with Crippen LogP contribution >= 0.6 is 0 Å². The van der Waals surface area contributed by atoms with Crippen molar-refractivity contribution in [3.05, 3.63) is 59.7 Å². The maximum Gasteiger partial charge on any atom is 0.246 e. The van der Waals surface area contributed by atoms with Gasteiger partial charge < -0.3 is 24.4 Å². The normalized spacial score (nSPS) is 25.3. The van der Waals surface area contributed by atoms with E-state index < -0.39 is 5.54 Å². The Morgan fingerprint density at radius 1 is 1.14 bits per heavy atom. The predicted octanol–water partition coefficient (Wildman–Crippen LogP) is 1.60. The van der Waals surface area contributed by atoms with E-state index in [-0.39, 0.29) is 37.7 Å². The van der Waals surface area contributed by atoms with E-state index in [1.807, 2.05) is 53.4 Å². The van der Waals surface area contributed by atoms with Gasteiger partial charge in [-0.15, -0.1) is 0 Å². The van der Waals surface area contributed by atoms with Gasteiger partial charge in [-0.25, -0.2) is 0 Å². The van der Waals surface area contributed by atoms with Crippen LogP contribution in [0.15, 0.2) is 48.5 Å². The third-order valence-electron chi connectivity index (χ3n) is 5.92. The van der Waals surface area contributed by atoms with E-state index in [4.69, 9.17) is 14.2 Å². The summed E-state index contributed by atoms with van der Waals surface area (Å²) in [6.45, 7) is 1.23. The Kier molecular flexibility index (Phi) is 4.39. The van der Waals surface area contributed by atoms with E-state index in [1.54, 1.807) is 0 Å². The first kappa shape index (κ1) is 18.0. The molecule has 2 aromatic carbocycles. The molecule has 2 fully saturated rings. The molecule has 3 heterocycles. The predicted molar refractivity (Wildman–Crippen MR) is 103 cm³/mol. The van der Waals surface area contributed by atoms with Crippen LogP contribution in [0.25, 0.3) is 0 Å². The van der Waals surface area contributed by atoms with Crippen molar-refractivity contribution in [2.24, 2.45) is 0 Å². The fraction of sp³-hybridized carbons (Fsp3) is 0.364. The molecule has 0 spiro atoms. The molecule has 3 aliphatic heterocycles. The van der Waals surface area contributed by atoms with Crippen molar-refractivity contribution in [2.45, 2.75) is 24.5 Å². The van der Waals surface area contributed by atoms with Crippen LogP contribution in [-0.2, 0) is 26.3 Å². The van der Waals surface area contributed by atoms with E-state index >= 15 is 0 Å². The molecule has 2 amide bonds. The van der Waals surface area contributed by atoms with Crippen LogP contribution in [0.1, 0.15) is 17.5 Å². The first-order chi connectivity index (χ1) is 14.1. The lowest BCUT2D eigenvalue weighted by Gasteiger charge is -2.50. The fourth-order valence-corrected chi connectivity index (χ4v) is 4.42. The summed E-state index contributed by atoms with van der Waals surface area (Å²) in [4.78, 5) is 26.9. The number of amides is 2. The third-order valence-corrected chi connectivity index (χ3v) is 5.92. The van der Waals surface area contributed by atoms with E-state index in [0.29, 0.717) is 31.0 Å². The van der Waals surface area contributed by atoms with Crippen LogP contribution in [0.5, 0.6) is 11.5 Å². The standard InChI is InChI=1S/C22H22N2O5/c25-20-13-27-19-12-24(9-8-22(19,23-20)16-4-2-1-3-5-16)21(26)11-15-6-7-17-18(10-15)29-14-28-17/h1-7,10,19H,8-9,11-14H2,(H,23,25)/t19-,22+/m1/s1. The molecule has 0 unspecified atom stereocenters. The van der Waals surface area contributed by atoms with Crippen molar-refractivity contribution < 1.29 is 23.8 Å². The number of nitrogens with zero attached hydrogens (tertiary/aromatic N) is 1. The summed E-state index contributed by atoms with van der Waals surface area (Å²) in [7, 11) is 0. The molecule has 2 saturated heterocycles. The fourth-order valence-electron chi connectivity index (χ4n) is 4.42. The Bertz CT molecular complexity index is 947. The second kappa shape index (κ2) is 7.08. The maximum atomic E-state index is 13.0. The number of morpholine rings is 1. The molecule has 3 aliphatic rings. The van der Waals surface area contributed by atoms with Gasteiger partial charge in [0.1, 0.15) is 12.7 Å². The number of hydrogen-bond donors (Lipinski definition) is 1. The number of carbonyl (C=O) groups is 2. The minimum atomic E-state index is -0.591. The molecule has 7 heteroatoms. The van der Waals surface area contributed by atoms with Crippen molar-refractivity contribution in [3.63, 3.8) is 0 Å². The lowest BCUT2D eigenvalue weighted by molar-refractivity contribution is -0.157. The van der Waals surface area contributed by atoms with E-state index in [0.717, 1.165) is 11.1 Å². The molecular weight excluding hydrogens is 372 g/mol. The number of carbonyl (C=O) groups excluding carboxylic acids is 2. The Hall–Kier alpha value is -3.06. The molecule has 0 aromatic heterocycles. The quantitative estimate of drug-likeness (QED) is 0.856. The molecule has 1 N–H and O–H groups in total. The second-order valence-corrected chi connectivity index (χ2v) is 7.64. The summed E-state index contributed by atoms with van der Waals surface area (Å²) in [6, 6.07) is 15.5. The highest BCUT2D eigenvalue weighted by Gasteiger charge is 2.49. The zero-order valence-electron chi connectivity index (χ0n) is 15.9.